The Hall–Kier alpha value is -1.99. The van der Waals surface area contributed by atoms with E-state index in [0.29, 0.717) is 10.6 Å². The molecule has 0 radical (unpaired) electrons. The second-order valence-electron chi connectivity index (χ2n) is 6.05. The van der Waals surface area contributed by atoms with E-state index in [4.69, 9.17) is 11.6 Å². The molecule has 0 bridgehead atoms. The molecule has 0 aromatic heterocycles. The van der Waals surface area contributed by atoms with E-state index in [9.17, 15) is 22.0 Å². The van der Waals surface area contributed by atoms with Gasteiger partial charge >= 0.3 is 0 Å². The fraction of sp³-hybridized carbons (Fsp3) is 0.278. The van der Waals surface area contributed by atoms with Crippen molar-refractivity contribution in [2.45, 2.75) is 11.7 Å². The minimum Gasteiger partial charge on any atom is -0.337 e. The van der Waals surface area contributed by atoms with E-state index in [2.05, 4.69) is 0 Å². The molecule has 1 aliphatic heterocycles. The molecule has 1 saturated heterocycles. The second-order valence-corrected chi connectivity index (χ2v) is 8.76. The van der Waals surface area contributed by atoms with Gasteiger partial charge in [-0.1, -0.05) is 35.9 Å². The first-order valence-corrected chi connectivity index (χ1v) is 10.1. The number of carbonyl (C=O) groups is 1. The fourth-order valence-electron chi connectivity index (χ4n) is 3.09. The van der Waals surface area contributed by atoms with Crippen molar-refractivity contribution in [1.29, 1.82) is 0 Å². The highest BCUT2D eigenvalue weighted by Gasteiger charge is 2.35. The van der Waals surface area contributed by atoms with Gasteiger partial charge in [-0.15, -0.1) is 0 Å². The van der Waals surface area contributed by atoms with E-state index in [-0.39, 0.29) is 25.3 Å². The highest BCUT2D eigenvalue weighted by Crippen LogP contribution is 2.34. The maximum Gasteiger partial charge on any atom is 0.259 e. The van der Waals surface area contributed by atoms with Crippen LogP contribution < -0.4 is 0 Å². The van der Waals surface area contributed by atoms with E-state index in [1.165, 1.54) is 11.0 Å². The molecule has 1 heterocycles. The molecule has 1 aliphatic rings. The summed E-state index contributed by atoms with van der Waals surface area (Å²) < 4.78 is 53.1. The highest BCUT2D eigenvalue weighted by atomic mass is 35.5. The maximum absolute atomic E-state index is 13.9. The lowest BCUT2D eigenvalue weighted by atomic mass is 10.1. The molecule has 0 saturated carbocycles. The number of carbonyl (C=O) groups excluding carboxylic acids is 1. The van der Waals surface area contributed by atoms with Crippen LogP contribution in [-0.4, -0.2) is 38.1 Å². The van der Waals surface area contributed by atoms with Crippen LogP contribution in [0.3, 0.4) is 0 Å². The van der Waals surface area contributed by atoms with Gasteiger partial charge in [-0.05, 0) is 30.2 Å². The average molecular weight is 400 g/mol. The predicted molar refractivity (Wildman–Crippen MR) is 94.9 cm³/mol. The minimum absolute atomic E-state index is 0.0573. The Morgan fingerprint density at radius 2 is 1.69 bits per heavy atom. The molecule has 4 nitrogen and oxygen atoms in total. The smallest absolute Gasteiger partial charge is 0.259 e. The second kappa shape index (κ2) is 7.32. The van der Waals surface area contributed by atoms with Crippen molar-refractivity contribution >= 4 is 27.3 Å². The third-order valence-electron chi connectivity index (χ3n) is 4.46. The van der Waals surface area contributed by atoms with Gasteiger partial charge < -0.3 is 4.90 Å². The van der Waals surface area contributed by atoms with E-state index in [1.54, 1.807) is 24.3 Å². The number of rotatable bonds is 2. The van der Waals surface area contributed by atoms with Crippen LogP contribution in [0.25, 0.3) is 0 Å². The van der Waals surface area contributed by atoms with Gasteiger partial charge in [0.25, 0.3) is 5.91 Å². The summed E-state index contributed by atoms with van der Waals surface area (Å²) in [6.45, 7) is -0.0718. The van der Waals surface area contributed by atoms with Gasteiger partial charge in [-0.25, -0.2) is 17.2 Å². The molecule has 0 aliphatic carbocycles. The first kappa shape index (κ1) is 18.8. The maximum atomic E-state index is 13.9. The largest absolute Gasteiger partial charge is 0.337 e. The Balaban J connectivity index is 1.90. The molecule has 1 amide bonds. The first-order valence-electron chi connectivity index (χ1n) is 8.00. The van der Waals surface area contributed by atoms with Gasteiger partial charge in [0.1, 0.15) is 17.2 Å². The van der Waals surface area contributed by atoms with Crippen LogP contribution in [-0.2, 0) is 9.84 Å². The van der Waals surface area contributed by atoms with Crippen LogP contribution >= 0.6 is 11.6 Å². The van der Waals surface area contributed by atoms with Gasteiger partial charge in [0.05, 0.1) is 11.0 Å². The lowest BCUT2D eigenvalue weighted by Crippen LogP contribution is -2.34. The van der Waals surface area contributed by atoms with Crippen LogP contribution in [0.1, 0.15) is 27.6 Å². The third kappa shape index (κ3) is 3.59. The molecular formula is C18H16ClF2NO3S. The Morgan fingerprint density at radius 1 is 1.04 bits per heavy atom. The summed E-state index contributed by atoms with van der Waals surface area (Å²) in [7, 11) is -3.57. The first-order chi connectivity index (χ1) is 12.3. The number of nitrogens with zero attached hydrogens (tertiary/aromatic N) is 1. The summed E-state index contributed by atoms with van der Waals surface area (Å²) in [5, 5.41) is -0.527. The van der Waals surface area contributed by atoms with Crippen molar-refractivity contribution in [2.75, 3.05) is 18.8 Å². The Labute approximate surface area is 155 Å². The SMILES string of the molecule is O=C(c1c(F)cccc1F)N1CC[C@@H](c2ccccc2Cl)S(=O)(=O)CC1. The fourth-order valence-corrected chi connectivity index (χ4v) is 5.24. The van der Waals surface area contributed by atoms with Crippen molar-refractivity contribution in [3.63, 3.8) is 0 Å². The topological polar surface area (TPSA) is 54.5 Å². The molecule has 0 N–H and O–H groups in total. The summed E-state index contributed by atoms with van der Waals surface area (Å²) in [6.07, 6.45) is 0.105. The predicted octanol–water partition coefficient (Wildman–Crippen LogP) is 3.62. The van der Waals surface area contributed by atoms with Crippen LogP contribution in [0.5, 0.6) is 0 Å². The standard InChI is InChI=1S/C18H16ClF2NO3S/c19-13-5-2-1-4-12(13)16-8-9-22(10-11-26(16,24)25)18(23)17-14(20)6-3-7-15(17)21/h1-7,16H,8-11H2/t16-/m0/s1. The van der Waals surface area contributed by atoms with Gasteiger partial charge in [0, 0.05) is 18.1 Å². The Bertz CT molecular complexity index is 929. The lowest BCUT2D eigenvalue weighted by Gasteiger charge is -2.20. The Kier molecular flexibility index (Phi) is 5.29. The van der Waals surface area contributed by atoms with Crippen LogP contribution in [0, 0.1) is 11.6 Å². The van der Waals surface area contributed by atoms with Crippen molar-refractivity contribution in [3.05, 3.63) is 70.2 Å². The monoisotopic (exact) mass is 399 g/mol. The van der Waals surface area contributed by atoms with Crippen LogP contribution in [0.2, 0.25) is 5.02 Å². The molecular weight excluding hydrogens is 384 g/mol. The summed E-state index contributed by atoms with van der Waals surface area (Å²) in [5.74, 6) is -3.09. The molecule has 3 rings (SSSR count). The minimum atomic E-state index is -3.57. The van der Waals surface area contributed by atoms with Crippen molar-refractivity contribution < 1.29 is 22.0 Å². The number of hydrogen-bond donors (Lipinski definition) is 0. The molecule has 2 aromatic carbocycles. The lowest BCUT2D eigenvalue weighted by molar-refractivity contribution is 0.0757. The zero-order valence-electron chi connectivity index (χ0n) is 13.7. The molecule has 1 atom stereocenters. The van der Waals surface area contributed by atoms with E-state index in [1.807, 2.05) is 0 Å². The molecule has 8 heteroatoms. The van der Waals surface area contributed by atoms with E-state index in [0.717, 1.165) is 12.1 Å². The van der Waals surface area contributed by atoms with Gasteiger partial charge in [0.15, 0.2) is 9.84 Å². The molecule has 26 heavy (non-hydrogen) atoms. The van der Waals surface area contributed by atoms with Crippen molar-refractivity contribution in [3.8, 4) is 0 Å². The zero-order valence-corrected chi connectivity index (χ0v) is 15.2. The van der Waals surface area contributed by atoms with Gasteiger partial charge in [0.2, 0.25) is 0 Å². The average Bonchev–Trinajstić information content (AvgIpc) is 2.73. The summed E-state index contributed by atoms with van der Waals surface area (Å²) in [5.41, 5.74) is -0.193. The molecule has 138 valence electrons. The third-order valence-corrected chi connectivity index (χ3v) is 6.91. The molecule has 1 fully saturated rings. The number of amides is 1. The van der Waals surface area contributed by atoms with Gasteiger partial charge in [-0.2, -0.15) is 0 Å². The zero-order chi connectivity index (χ0) is 18.9. The van der Waals surface area contributed by atoms with Crippen molar-refractivity contribution in [2.24, 2.45) is 0 Å². The normalized spacial score (nSPS) is 19.8. The van der Waals surface area contributed by atoms with Crippen LogP contribution in [0.15, 0.2) is 42.5 Å². The van der Waals surface area contributed by atoms with Crippen LogP contribution in [0.4, 0.5) is 8.78 Å². The number of sulfone groups is 1. The summed E-state index contributed by atoms with van der Waals surface area (Å²) in [6, 6.07) is 9.80. The summed E-state index contributed by atoms with van der Waals surface area (Å²) >= 11 is 6.13. The van der Waals surface area contributed by atoms with Gasteiger partial charge in [-0.3, -0.25) is 4.79 Å². The summed E-state index contributed by atoms with van der Waals surface area (Å²) in [4.78, 5) is 13.7. The quantitative estimate of drug-likeness (QED) is 0.775. The highest BCUT2D eigenvalue weighted by molar-refractivity contribution is 7.91. The Morgan fingerprint density at radius 3 is 2.35 bits per heavy atom. The number of hydrogen-bond acceptors (Lipinski definition) is 3. The van der Waals surface area contributed by atoms with E-state index < -0.39 is 38.2 Å². The number of benzene rings is 2. The molecule has 0 spiro atoms. The number of halogens is 3. The van der Waals surface area contributed by atoms with Crippen molar-refractivity contribution in [1.82, 2.24) is 4.90 Å². The molecule has 0 unspecified atom stereocenters. The molecule has 2 aromatic rings. The van der Waals surface area contributed by atoms with E-state index >= 15 is 0 Å².